The summed E-state index contributed by atoms with van der Waals surface area (Å²) in [5, 5.41) is 4.92. The van der Waals surface area contributed by atoms with E-state index in [1.807, 2.05) is 0 Å². The molecule has 0 saturated carbocycles. The van der Waals surface area contributed by atoms with Gasteiger partial charge in [0, 0.05) is 5.69 Å². The van der Waals surface area contributed by atoms with Gasteiger partial charge in [0.15, 0.2) is 0 Å². The summed E-state index contributed by atoms with van der Waals surface area (Å²) < 4.78 is 47.4. The van der Waals surface area contributed by atoms with Crippen molar-refractivity contribution < 1.29 is 16.8 Å². The van der Waals surface area contributed by atoms with Gasteiger partial charge in [0.2, 0.25) is 20.0 Å². The highest BCUT2D eigenvalue weighted by atomic mass is 32.2. The Morgan fingerprint density at radius 3 is 2.06 bits per heavy atom. The summed E-state index contributed by atoms with van der Waals surface area (Å²) in [4.78, 5) is -0.0765. The minimum Gasteiger partial charge on any atom is -0.330 e. The van der Waals surface area contributed by atoms with Crippen LogP contribution in [0.5, 0.6) is 0 Å². The molecule has 1 aromatic carbocycles. The van der Waals surface area contributed by atoms with E-state index in [0.717, 1.165) is 0 Å². The van der Waals surface area contributed by atoms with Crippen LogP contribution in [0.3, 0.4) is 0 Å². The van der Waals surface area contributed by atoms with E-state index in [1.54, 1.807) is 0 Å². The third-order valence-electron chi connectivity index (χ3n) is 2.07. The first-order valence-corrected chi connectivity index (χ1v) is 8.28. The summed E-state index contributed by atoms with van der Waals surface area (Å²) in [6, 6.07) is 5.13. The number of hydrogen-bond donors (Lipinski definition) is 3. The molecule has 18 heavy (non-hydrogen) atoms. The van der Waals surface area contributed by atoms with Crippen LogP contribution < -0.4 is 15.6 Å². The highest BCUT2D eigenvalue weighted by molar-refractivity contribution is 7.92. The summed E-state index contributed by atoms with van der Waals surface area (Å²) in [6.45, 7) is 0.283. The largest absolute Gasteiger partial charge is 0.330 e. The first-order valence-electron chi connectivity index (χ1n) is 5.08. The second-order valence-corrected chi connectivity index (χ2v) is 7.04. The van der Waals surface area contributed by atoms with Gasteiger partial charge < -0.3 is 5.73 Å². The van der Waals surface area contributed by atoms with E-state index in [0.29, 0.717) is 6.42 Å². The maximum Gasteiger partial charge on any atom is 0.238 e. The third-order valence-corrected chi connectivity index (χ3v) is 4.38. The summed E-state index contributed by atoms with van der Waals surface area (Å²) >= 11 is 0. The van der Waals surface area contributed by atoms with Gasteiger partial charge in [0.25, 0.3) is 0 Å². The van der Waals surface area contributed by atoms with Crippen LogP contribution in [0.15, 0.2) is 29.2 Å². The lowest BCUT2D eigenvalue weighted by atomic mass is 10.3. The van der Waals surface area contributed by atoms with Crippen molar-refractivity contribution in [3.05, 3.63) is 24.3 Å². The summed E-state index contributed by atoms with van der Waals surface area (Å²) in [6.07, 6.45) is 0.352. The summed E-state index contributed by atoms with van der Waals surface area (Å²) in [5.74, 6) is -0.0829. The molecular formula is C9H15N3O4S2. The number of anilines is 1. The smallest absolute Gasteiger partial charge is 0.238 e. The molecular weight excluding hydrogens is 278 g/mol. The van der Waals surface area contributed by atoms with Gasteiger partial charge >= 0.3 is 0 Å². The zero-order chi connectivity index (χ0) is 13.8. The van der Waals surface area contributed by atoms with Crippen LogP contribution in [0.1, 0.15) is 6.42 Å². The van der Waals surface area contributed by atoms with Crippen molar-refractivity contribution in [2.75, 3.05) is 17.0 Å². The molecule has 0 unspecified atom stereocenters. The molecule has 0 saturated heterocycles. The van der Waals surface area contributed by atoms with E-state index in [1.165, 1.54) is 24.3 Å². The van der Waals surface area contributed by atoms with Crippen molar-refractivity contribution in [2.24, 2.45) is 10.9 Å². The number of benzene rings is 1. The average Bonchev–Trinajstić information content (AvgIpc) is 2.25. The van der Waals surface area contributed by atoms with Crippen molar-refractivity contribution in [2.45, 2.75) is 11.3 Å². The molecule has 0 spiro atoms. The Morgan fingerprint density at radius 2 is 1.61 bits per heavy atom. The third kappa shape index (κ3) is 4.61. The minimum absolute atomic E-state index is 0.0765. The Labute approximate surface area is 106 Å². The SMILES string of the molecule is NCCCS(=O)(=O)Nc1ccc(S(N)(=O)=O)cc1. The van der Waals surface area contributed by atoms with Crippen LogP contribution in [0.4, 0.5) is 5.69 Å². The fraction of sp³-hybridized carbons (Fsp3) is 0.333. The molecule has 0 radical (unpaired) electrons. The van der Waals surface area contributed by atoms with Crippen LogP contribution in [-0.2, 0) is 20.0 Å². The van der Waals surface area contributed by atoms with Crippen LogP contribution >= 0.6 is 0 Å². The zero-order valence-corrected chi connectivity index (χ0v) is 11.2. The molecule has 9 heteroatoms. The predicted octanol–water partition coefficient (Wildman–Crippen LogP) is -0.575. The molecule has 0 fully saturated rings. The maximum atomic E-state index is 11.5. The average molecular weight is 293 g/mol. The number of primary sulfonamides is 1. The Balaban J connectivity index is 2.82. The quantitative estimate of drug-likeness (QED) is 0.645. The van der Waals surface area contributed by atoms with Gasteiger partial charge in [-0.1, -0.05) is 0 Å². The Morgan fingerprint density at radius 1 is 1.06 bits per heavy atom. The first kappa shape index (κ1) is 14.9. The number of hydrogen-bond acceptors (Lipinski definition) is 5. The minimum atomic E-state index is -3.77. The topological polar surface area (TPSA) is 132 Å². The Hall–Kier alpha value is -1.16. The molecule has 0 aliphatic heterocycles. The molecule has 0 aromatic heterocycles. The Kier molecular flexibility index (Phi) is 4.68. The predicted molar refractivity (Wildman–Crippen MR) is 68.9 cm³/mol. The Bertz CT molecular complexity index is 593. The van der Waals surface area contributed by atoms with Crippen LogP contribution in [0.2, 0.25) is 0 Å². The van der Waals surface area contributed by atoms with Crippen molar-refractivity contribution >= 4 is 25.7 Å². The molecule has 1 rings (SSSR count). The van der Waals surface area contributed by atoms with Crippen molar-refractivity contribution in [1.29, 1.82) is 0 Å². The van der Waals surface area contributed by atoms with E-state index >= 15 is 0 Å². The zero-order valence-electron chi connectivity index (χ0n) is 9.53. The molecule has 7 nitrogen and oxygen atoms in total. The first-order chi connectivity index (χ1) is 8.24. The van der Waals surface area contributed by atoms with Crippen molar-refractivity contribution in [3.8, 4) is 0 Å². The van der Waals surface area contributed by atoms with Crippen LogP contribution in [-0.4, -0.2) is 29.1 Å². The van der Waals surface area contributed by atoms with Gasteiger partial charge in [-0.15, -0.1) is 0 Å². The maximum absolute atomic E-state index is 11.5. The van der Waals surface area contributed by atoms with Gasteiger partial charge in [-0.3, -0.25) is 4.72 Å². The van der Waals surface area contributed by atoms with Gasteiger partial charge in [-0.25, -0.2) is 22.0 Å². The standard InChI is InChI=1S/C9H15N3O4S2/c10-6-1-7-17(13,14)12-8-2-4-9(5-3-8)18(11,15)16/h2-5,12H,1,6-7,10H2,(H2,11,15,16). The summed E-state index contributed by atoms with van der Waals surface area (Å²) in [5.41, 5.74) is 5.50. The van der Waals surface area contributed by atoms with Crippen LogP contribution in [0, 0.1) is 0 Å². The van der Waals surface area contributed by atoms with Crippen molar-refractivity contribution in [3.63, 3.8) is 0 Å². The van der Waals surface area contributed by atoms with Gasteiger partial charge in [0.1, 0.15) is 0 Å². The number of nitrogens with two attached hydrogens (primary N) is 2. The molecule has 0 heterocycles. The van der Waals surface area contributed by atoms with E-state index in [-0.39, 0.29) is 22.9 Å². The molecule has 0 amide bonds. The lowest BCUT2D eigenvalue weighted by molar-refractivity contribution is 0.597. The van der Waals surface area contributed by atoms with Gasteiger partial charge in [0.05, 0.1) is 10.6 Å². The second-order valence-electron chi connectivity index (χ2n) is 3.63. The lowest BCUT2D eigenvalue weighted by Crippen LogP contribution is -2.19. The molecule has 1 aromatic rings. The molecule has 0 bridgehead atoms. The molecule has 0 atom stereocenters. The number of sulfonamides is 2. The lowest BCUT2D eigenvalue weighted by Gasteiger charge is -2.07. The fourth-order valence-corrected chi connectivity index (χ4v) is 2.88. The monoisotopic (exact) mass is 293 g/mol. The number of nitrogens with one attached hydrogen (secondary N) is 1. The second kappa shape index (κ2) is 5.65. The normalized spacial score (nSPS) is 12.3. The van der Waals surface area contributed by atoms with E-state index < -0.39 is 20.0 Å². The van der Waals surface area contributed by atoms with E-state index in [4.69, 9.17) is 10.9 Å². The molecule has 5 N–H and O–H groups in total. The van der Waals surface area contributed by atoms with Crippen LogP contribution in [0.25, 0.3) is 0 Å². The molecule has 0 aliphatic rings. The fourth-order valence-electron chi connectivity index (χ4n) is 1.22. The highest BCUT2D eigenvalue weighted by Crippen LogP contribution is 2.14. The molecule has 0 aliphatic carbocycles. The molecule has 102 valence electrons. The van der Waals surface area contributed by atoms with Gasteiger partial charge in [-0.2, -0.15) is 0 Å². The number of rotatable bonds is 6. The van der Waals surface area contributed by atoms with E-state index in [9.17, 15) is 16.8 Å². The summed E-state index contributed by atoms with van der Waals surface area (Å²) in [7, 11) is -7.23. The van der Waals surface area contributed by atoms with Crippen molar-refractivity contribution in [1.82, 2.24) is 0 Å². The highest BCUT2D eigenvalue weighted by Gasteiger charge is 2.11. The van der Waals surface area contributed by atoms with Gasteiger partial charge in [-0.05, 0) is 37.2 Å². The van der Waals surface area contributed by atoms with E-state index in [2.05, 4.69) is 4.72 Å².